The van der Waals surface area contributed by atoms with Crippen molar-refractivity contribution in [3.63, 3.8) is 0 Å². The quantitative estimate of drug-likeness (QED) is 0.482. The lowest BCUT2D eigenvalue weighted by atomic mass is 10.3. The number of aromatic nitrogens is 1. The molecule has 2 rings (SSSR count). The van der Waals surface area contributed by atoms with Crippen molar-refractivity contribution in [2.45, 2.75) is 5.33 Å². The molecule has 1 aromatic carbocycles. The number of methoxy groups -OCH3 is 1. The third-order valence-electron chi connectivity index (χ3n) is 1.90. The maximum atomic E-state index is 11.0. The van der Waals surface area contributed by atoms with Gasteiger partial charge < -0.3 is 13.9 Å². The number of halogens is 1. The van der Waals surface area contributed by atoms with Crippen molar-refractivity contribution in [3.05, 3.63) is 24.1 Å². The molecule has 2 aromatic rings. The number of para-hydroxylation sites is 1. The fourth-order valence-electron chi connectivity index (χ4n) is 1.24. The van der Waals surface area contributed by atoms with Gasteiger partial charge in [0.05, 0.1) is 12.4 Å². The van der Waals surface area contributed by atoms with E-state index >= 15 is 0 Å². The average molecular weight is 286 g/mol. The van der Waals surface area contributed by atoms with E-state index in [1.54, 1.807) is 18.2 Å². The SMILES string of the molecule is COC(=O)Oc1cccc2oc(CBr)nc12. The molecule has 1 heterocycles. The summed E-state index contributed by atoms with van der Waals surface area (Å²) in [4.78, 5) is 15.2. The number of hydrogen-bond acceptors (Lipinski definition) is 5. The maximum Gasteiger partial charge on any atom is 0.513 e. The Labute approximate surface area is 99.5 Å². The van der Waals surface area contributed by atoms with Gasteiger partial charge in [-0.25, -0.2) is 9.78 Å². The van der Waals surface area contributed by atoms with Gasteiger partial charge in [0.1, 0.15) is 0 Å². The van der Waals surface area contributed by atoms with Crippen LogP contribution in [0.2, 0.25) is 0 Å². The maximum absolute atomic E-state index is 11.0. The number of nitrogens with zero attached hydrogens (tertiary/aromatic N) is 1. The molecular weight excluding hydrogens is 278 g/mol. The molecule has 0 aliphatic carbocycles. The van der Waals surface area contributed by atoms with Crippen LogP contribution >= 0.6 is 15.9 Å². The van der Waals surface area contributed by atoms with Crippen LogP contribution in [-0.4, -0.2) is 18.2 Å². The van der Waals surface area contributed by atoms with Crippen molar-refractivity contribution in [1.82, 2.24) is 4.98 Å². The highest BCUT2D eigenvalue weighted by Gasteiger charge is 2.12. The van der Waals surface area contributed by atoms with Gasteiger partial charge in [-0.05, 0) is 12.1 Å². The molecule has 0 bridgehead atoms. The summed E-state index contributed by atoms with van der Waals surface area (Å²) in [5.41, 5.74) is 1.07. The molecule has 0 aliphatic rings. The standard InChI is InChI=1S/C10H8BrNO4/c1-14-10(13)16-7-4-2-3-6-9(7)12-8(5-11)15-6/h2-4H,5H2,1H3. The summed E-state index contributed by atoms with van der Waals surface area (Å²) in [6.07, 6.45) is -0.782. The van der Waals surface area contributed by atoms with Gasteiger partial charge in [-0.1, -0.05) is 22.0 Å². The van der Waals surface area contributed by atoms with Crippen LogP contribution in [0, 0.1) is 0 Å². The Bertz CT molecular complexity index is 523. The van der Waals surface area contributed by atoms with Crippen LogP contribution in [-0.2, 0) is 10.1 Å². The van der Waals surface area contributed by atoms with Gasteiger partial charge in [-0.15, -0.1) is 0 Å². The molecule has 0 aliphatic heterocycles. The molecule has 0 fully saturated rings. The smallest absolute Gasteiger partial charge is 0.440 e. The highest BCUT2D eigenvalue weighted by molar-refractivity contribution is 9.08. The van der Waals surface area contributed by atoms with Gasteiger partial charge in [-0.2, -0.15) is 0 Å². The zero-order chi connectivity index (χ0) is 11.5. The second kappa shape index (κ2) is 4.52. The van der Waals surface area contributed by atoms with Crippen LogP contribution in [0.3, 0.4) is 0 Å². The van der Waals surface area contributed by atoms with Gasteiger partial charge in [0, 0.05) is 0 Å². The minimum atomic E-state index is -0.782. The van der Waals surface area contributed by atoms with E-state index in [2.05, 4.69) is 25.7 Å². The van der Waals surface area contributed by atoms with Gasteiger partial charge in [-0.3, -0.25) is 0 Å². The molecule has 0 N–H and O–H groups in total. The van der Waals surface area contributed by atoms with Crippen LogP contribution in [0.4, 0.5) is 4.79 Å². The van der Waals surface area contributed by atoms with E-state index in [1.807, 2.05) is 0 Å². The molecule has 0 unspecified atom stereocenters. The molecule has 0 amide bonds. The van der Waals surface area contributed by atoms with Crippen molar-refractivity contribution in [3.8, 4) is 5.75 Å². The molecule has 0 saturated heterocycles. The zero-order valence-corrected chi connectivity index (χ0v) is 9.98. The summed E-state index contributed by atoms with van der Waals surface area (Å²) in [5, 5.41) is 0.499. The fraction of sp³-hybridized carbons (Fsp3) is 0.200. The van der Waals surface area contributed by atoms with Crippen LogP contribution in [0.1, 0.15) is 5.89 Å². The minimum Gasteiger partial charge on any atom is -0.440 e. The van der Waals surface area contributed by atoms with Crippen molar-refractivity contribution >= 4 is 33.2 Å². The Morgan fingerprint density at radius 3 is 3.06 bits per heavy atom. The number of alkyl halides is 1. The summed E-state index contributed by atoms with van der Waals surface area (Å²) in [6, 6.07) is 5.09. The first-order chi connectivity index (χ1) is 7.74. The number of hydrogen-bond donors (Lipinski definition) is 0. The van der Waals surface area contributed by atoms with Gasteiger partial charge in [0.2, 0.25) is 5.89 Å². The van der Waals surface area contributed by atoms with E-state index in [0.717, 1.165) is 0 Å². The topological polar surface area (TPSA) is 61.6 Å². The number of oxazole rings is 1. The zero-order valence-electron chi connectivity index (χ0n) is 8.40. The lowest BCUT2D eigenvalue weighted by Gasteiger charge is -2.01. The first kappa shape index (κ1) is 10.9. The Hall–Kier alpha value is -1.56. The molecule has 16 heavy (non-hydrogen) atoms. The third kappa shape index (κ3) is 2.01. The second-order valence-corrected chi connectivity index (χ2v) is 3.46. The number of rotatable bonds is 2. The normalized spacial score (nSPS) is 10.4. The van der Waals surface area contributed by atoms with Crippen molar-refractivity contribution in [2.24, 2.45) is 0 Å². The number of benzene rings is 1. The Kier molecular flexibility index (Phi) is 3.09. The monoisotopic (exact) mass is 285 g/mol. The number of fused-ring (bicyclic) bond motifs is 1. The van der Waals surface area contributed by atoms with Gasteiger partial charge >= 0.3 is 6.16 Å². The van der Waals surface area contributed by atoms with E-state index in [1.165, 1.54) is 7.11 Å². The third-order valence-corrected chi connectivity index (χ3v) is 2.38. The summed E-state index contributed by atoms with van der Waals surface area (Å²) in [7, 11) is 1.25. The lowest BCUT2D eigenvalue weighted by molar-refractivity contribution is 0.122. The molecule has 0 atom stereocenters. The van der Waals surface area contributed by atoms with E-state index < -0.39 is 6.16 Å². The van der Waals surface area contributed by atoms with E-state index in [9.17, 15) is 4.79 Å². The molecule has 0 radical (unpaired) electrons. The Balaban J connectivity index is 2.44. The first-order valence-corrected chi connectivity index (χ1v) is 5.57. The van der Waals surface area contributed by atoms with Crippen LogP contribution in [0.25, 0.3) is 11.1 Å². The highest BCUT2D eigenvalue weighted by Crippen LogP contribution is 2.26. The first-order valence-electron chi connectivity index (χ1n) is 4.45. The molecule has 0 spiro atoms. The Morgan fingerprint density at radius 2 is 2.38 bits per heavy atom. The number of ether oxygens (including phenoxy) is 2. The summed E-state index contributed by atoms with van der Waals surface area (Å²) >= 11 is 3.24. The molecule has 5 nitrogen and oxygen atoms in total. The summed E-state index contributed by atoms with van der Waals surface area (Å²) in [6.45, 7) is 0. The summed E-state index contributed by atoms with van der Waals surface area (Å²) < 4.78 is 14.7. The summed E-state index contributed by atoms with van der Waals surface area (Å²) in [5.74, 6) is 0.844. The van der Waals surface area contributed by atoms with Gasteiger partial charge in [0.25, 0.3) is 0 Å². The molecule has 6 heteroatoms. The molecular formula is C10H8BrNO4. The number of carbonyl (C=O) groups excluding carboxylic acids is 1. The van der Waals surface area contributed by atoms with Crippen molar-refractivity contribution < 1.29 is 18.7 Å². The molecule has 1 aromatic heterocycles. The van der Waals surface area contributed by atoms with Crippen LogP contribution in [0.5, 0.6) is 5.75 Å². The van der Waals surface area contributed by atoms with Crippen LogP contribution in [0.15, 0.2) is 22.6 Å². The number of carbonyl (C=O) groups is 1. The van der Waals surface area contributed by atoms with Gasteiger partial charge in [0.15, 0.2) is 16.8 Å². The van der Waals surface area contributed by atoms with Crippen molar-refractivity contribution in [1.29, 1.82) is 0 Å². The van der Waals surface area contributed by atoms with E-state index in [0.29, 0.717) is 28.1 Å². The highest BCUT2D eigenvalue weighted by atomic mass is 79.9. The largest absolute Gasteiger partial charge is 0.513 e. The minimum absolute atomic E-state index is 0.320. The van der Waals surface area contributed by atoms with E-state index in [4.69, 9.17) is 9.15 Å². The fourth-order valence-corrected chi connectivity index (χ4v) is 1.48. The second-order valence-electron chi connectivity index (χ2n) is 2.90. The van der Waals surface area contributed by atoms with Crippen LogP contribution < -0.4 is 4.74 Å². The lowest BCUT2D eigenvalue weighted by Crippen LogP contribution is -2.07. The van der Waals surface area contributed by atoms with Crippen molar-refractivity contribution in [2.75, 3.05) is 7.11 Å². The average Bonchev–Trinajstić information content (AvgIpc) is 2.73. The molecule has 0 saturated carbocycles. The Morgan fingerprint density at radius 1 is 1.56 bits per heavy atom. The molecule has 84 valence electrons. The van der Waals surface area contributed by atoms with E-state index in [-0.39, 0.29) is 0 Å². The predicted molar refractivity (Wildman–Crippen MR) is 59.7 cm³/mol. The predicted octanol–water partition coefficient (Wildman–Crippen LogP) is 2.87.